The van der Waals surface area contributed by atoms with Gasteiger partial charge in [0, 0.05) is 6.04 Å². The van der Waals surface area contributed by atoms with Gasteiger partial charge in [-0.1, -0.05) is 34.6 Å². The molecule has 1 nitrogen and oxygen atoms in total. The minimum atomic E-state index is 0.455. The second kappa shape index (κ2) is 5.64. The first-order valence-corrected chi connectivity index (χ1v) is 5.61. The zero-order valence-electron chi connectivity index (χ0n) is 10.3. The van der Waals surface area contributed by atoms with Crippen LogP contribution in [0.25, 0.3) is 0 Å². The van der Waals surface area contributed by atoms with E-state index >= 15 is 0 Å². The standard InChI is InChI=1S/C12H27N/c1-7-11(3)13-9-8-10(2)12(4,5)6/h10-11,13H,7-9H2,1-6H3. The van der Waals surface area contributed by atoms with E-state index in [4.69, 9.17) is 0 Å². The van der Waals surface area contributed by atoms with E-state index in [0.29, 0.717) is 11.5 Å². The number of rotatable bonds is 5. The molecule has 0 aromatic carbocycles. The fourth-order valence-electron chi connectivity index (χ4n) is 1.12. The summed E-state index contributed by atoms with van der Waals surface area (Å²) in [5.41, 5.74) is 0.455. The Morgan fingerprint density at radius 2 is 1.69 bits per heavy atom. The first-order valence-electron chi connectivity index (χ1n) is 5.61. The summed E-state index contributed by atoms with van der Waals surface area (Å²) in [5.74, 6) is 0.795. The Bertz CT molecular complexity index is 124. The quantitative estimate of drug-likeness (QED) is 0.692. The third-order valence-electron chi connectivity index (χ3n) is 3.16. The van der Waals surface area contributed by atoms with Crippen molar-refractivity contribution < 1.29 is 0 Å². The highest BCUT2D eigenvalue weighted by Crippen LogP contribution is 2.27. The number of nitrogens with one attached hydrogen (secondary N) is 1. The van der Waals surface area contributed by atoms with Crippen molar-refractivity contribution >= 4 is 0 Å². The van der Waals surface area contributed by atoms with E-state index in [-0.39, 0.29) is 0 Å². The average molecular weight is 185 g/mol. The molecular weight excluding hydrogens is 158 g/mol. The molecule has 2 unspecified atom stereocenters. The predicted molar refractivity (Wildman–Crippen MR) is 61.0 cm³/mol. The molecule has 0 aliphatic heterocycles. The predicted octanol–water partition coefficient (Wildman–Crippen LogP) is 3.45. The van der Waals surface area contributed by atoms with Crippen molar-refractivity contribution in [2.45, 2.75) is 60.4 Å². The molecule has 0 amide bonds. The molecule has 0 radical (unpaired) electrons. The van der Waals surface area contributed by atoms with E-state index in [2.05, 4.69) is 46.9 Å². The first kappa shape index (κ1) is 13.0. The smallest absolute Gasteiger partial charge is 0.00361 e. The monoisotopic (exact) mass is 185 g/mol. The third kappa shape index (κ3) is 6.09. The van der Waals surface area contributed by atoms with Crippen molar-refractivity contribution in [1.82, 2.24) is 5.32 Å². The Kier molecular flexibility index (Phi) is 5.62. The van der Waals surface area contributed by atoms with Crippen molar-refractivity contribution in [3.8, 4) is 0 Å². The number of hydrogen-bond donors (Lipinski definition) is 1. The molecule has 0 spiro atoms. The van der Waals surface area contributed by atoms with Gasteiger partial charge in [0.15, 0.2) is 0 Å². The maximum atomic E-state index is 3.54. The molecule has 0 aliphatic rings. The summed E-state index contributed by atoms with van der Waals surface area (Å²) in [6.07, 6.45) is 2.51. The first-order chi connectivity index (χ1) is 5.88. The molecule has 0 rings (SSSR count). The van der Waals surface area contributed by atoms with Gasteiger partial charge in [-0.3, -0.25) is 0 Å². The van der Waals surface area contributed by atoms with Gasteiger partial charge >= 0.3 is 0 Å². The van der Waals surface area contributed by atoms with Crippen LogP contribution in [0.15, 0.2) is 0 Å². The molecule has 0 fully saturated rings. The van der Waals surface area contributed by atoms with Gasteiger partial charge in [-0.2, -0.15) is 0 Å². The average Bonchev–Trinajstić information content (AvgIpc) is 2.02. The lowest BCUT2D eigenvalue weighted by Gasteiger charge is -2.27. The normalized spacial score (nSPS) is 17.1. The van der Waals surface area contributed by atoms with Crippen LogP contribution >= 0.6 is 0 Å². The summed E-state index contributed by atoms with van der Waals surface area (Å²) in [6.45, 7) is 14.9. The minimum absolute atomic E-state index is 0.455. The summed E-state index contributed by atoms with van der Waals surface area (Å²) < 4.78 is 0. The fourth-order valence-corrected chi connectivity index (χ4v) is 1.12. The highest BCUT2D eigenvalue weighted by Gasteiger charge is 2.19. The van der Waals surface area contributed by atoms with Gasteiger partial charge in [0.2, 0.25) is 0 Å². The Labute approximate surface area is 84.3 Å². The molecule has 0 saturated carbocycles. The molecule has 13 heavy (non-hydrogen) atoms. The highest BCUT2D eigenvalue weighted by molar-refractivity contribution is 4.71. The SMILES string of the molecule is CCC(C)NCCC(C)C(C)(C)C. The Balaban J connectivity index is 3.54. The summed E-state index contributed by atoms with van der Waals surface area (Å²) in [7, 11) is 0. The van der Waals surface area contributed by atoms with E-state index in [9.17, 15) is 0 Å². The van der Waals surface area contributed by atoms with Gasteiger partial charge in [0.05, 0.1) is 0 Å². The topological polar surface area (TPSA) is 12.0 Å². The van der Waals surface area contributed by atoms with E-state index in [1.54, 1.807) is 0 Å². The van der Waals surface area contributed by atoms with Crippen molar-refractivity contribution in [2.24, 2.45) is 11.3 Å². The van der Waals surface area contributed by atoms with E-state index in [0.717, 1.165) is 12.5 Å². The summed E-state index contributed by atoms with van der Waals surface area (Å²) in [5, 5.41) is 3.54. The maximum Gasteiger partial charge on any atom is 0.00361 e. The van der Waals surface area contributed by atoms with Crippen LogP contribution in [-0.2, 0) is 0 Å². The Morgan fingerprint density at radius 3 is 2.08 bits per heavy atom. The molecule has 0 aromatic rings. The van der Waals surface area contributed by atoms with E-state index < -0.39 is 0 Å². The van der Waals surface area contributed by atoms with Crippen LogP contribution in [0.2, 0.25) is 0 Å². The molecule has 1 N–H and O–H groups in total. The molecular formula is C12H27N. The Morgan fingerprint density at radius 1 is 1.15 bits per heavy atom. The second-order valence-electron chi connectivity index (χ2n) is 5.32. The second-order valence-corrected chi connectivity index (χ2v) is 5.32. The van der Waals surface area contributed by atoms with Crippen LogP contribution in [0.1, 0.15) is 54.4 Å². The summed E-state index contributed by atoms with van der Waals surface area (Å²) in [6, 6.07) is 0.673. The van der Waals surface area contributed by atoms with Crippen LogP contribution < -0.4 is 5.32 Å². The van der Waals surface area contributed by atoms with Crippen molar-refractivity contribution in [3.05, 3.63) is 0 Å². The van der Waals surface area contributed by atoms with Gasteiger partial charge in [-0.25, -0.2) is 0 Å². The summed E-state index contributed by atoms with van der Waals surface area (Å²) in [4.78, 5) is 0. The van der Waals surface area contributed by atoms with Gasteiger partial charge in [-0.05, 0) is 37.6 Å². The Hall–Kier alpha value is -0.0400. The third-order valence-corrected chi connectivity index (χ3v) is 3.16. The summed E-state index contributed by atoms with van der Waals surface area (Å²) >= 11 is 0. The zero-order chi connectivity index (χ0) is 10.5. The van der Waals surface area contributed by atoms with Crippen molar-refractivity contribution in [2.75, 3.05) is 6.54 Å². The van der Waals surface area contributed by atoms with E-state index in [1.165, 1.54) is 12.8 Å². The van der Waals surface area contributed by atoms with Crippen LogP contribution in [-0.4, -0.2) is 12.6 Å². The molecule has 80 valence electrons. The lowest BCUT2D eigenvalue weighted by Crippen LogP contribution is -2.29. The molecule has 1 heteroatoms. The molecule has 0 aliphatic carbocycles. The van der Waals surface area contributed by atoms with Gasteiger partial charge < -0.3 is 5.32 Å². The molecule has 0 aromatic heterocycles. The molecule has 0 saturated heterocycles. The van der Waals surface area contributed by atoms with Crippen LogP contribution in [0.5, 0.6) is 0 Å². The minimum Gasteiger partial charge on any atom is -0.314 e. The van der Waals surface area contributed by atoms with Gasteiger partial charge in [0.25, 0.3) is 0 Å². The molecule has 0 bridgehead atoms. The van der Waals surface area contributed by atoms with Crippen LogP contribution in [0.4, 0.5) is 0 Å². The lowest BCUT2D eigenvalue weighted by molar-refractivity contribution is 0.242. The maximum absolute atomic E-state index is 3.54. The highest BCUT2D eigenvalue weighted by atomic mass is 14.9. The zero-order valence-corrected chi connectivity index (χ0v) is 10.3. The largest absolute Gasteiger partial charge is 0.314 e. The van der Waals surface area contributed by atoms with E-state index in [1.807, 2.05) is 0 Å². The fraction of sp³-hybridized carbons (Fsp3) is 1.00. The molecule has 0 heterocycles. The lowest BCUT2D eigenvalue weighted by atomic mass is 9.80. The number of hydrogen-bond acceptors (Lipinski definition) is 1. The van der Waals surface area contributed by atoms with Gasteiger partial charge in [0.1, 0.15) is 0 Å². The van der Waals surface area contributed by atoms with Crippen LogP contribution in [0.3, 0.4) is 0 Å². The van der Waals surface area contributed by atoms with Gasteiger partial charge in [-0.15, -0.1) is 0 Å². The van der Waals surface area contributed by atoms with Crippen molar-refractivity contribution in [3.63, 3.8) is 0 Å². The van der Waals surface area contributed by atoms with Crippen molar-refractivity contribution in [1.29, 1.82) is 0 Å². The molecule has 2 atom stereocenters. The van der Waals surface area contributed by atoms with Crippen LogP contribution in [0, 0.1) is 11.3 Å².